The van der Waals surface area contributed by atoms with Crippen molar-refractivity contribution in [2.45, 2.75) is 70.7 Å². The molecule has 0 heterocycles. The highest BCUT2D eigenvalue weighted by Gasteiger charge is 2.34. The molecule has 0 bridgehead atoms. The minimum atomic E-state index is -0.0906. The maximum absolute atomic E-state index is 8.86. The molecule has 3 nitrogen and oxygen atoms in total. The van der Waals surface area contributed by atoms with Gasteiger partial charge >= 0.3 is 0 Å². The van der Waals surface area contributed by atoms with Gasteiger partial charge in [0.1, 0.15) is 0 Å². The monoisotopic (exact) mass is 230 g/mol. The van der Waals surface area contributed by atoms with Crippen LogP contribution in [0.15, 0.2) is 0 Å². The van der Waals surface area contributed by atoms with Crippen LogP contribution in [0.25, 0.3) is 0 Å². The topological polar surface area (TPSA) is 38.7 Å². The van der Waals surface area contributed by atoms with Crippen molar-refractivity contribution in [2.75, 3.05) is 13.2 Å². The zero-order chi connectivity index (χ0) is 12.0. The molecule has 0 aromatic carbocycles. The molecule has 16 heavy (non-hydrogen) atoms. The lowest BCUT2D eigenvalue weighted by atomic mass is 9.98. The van der Waals surface area contributed by atoms with E-state index in [1.54, 1.807) is 0 Å². The minimum Gasteiger partial charge on any atom is -0.394 e. The molecule has 1 rings (SSSR count). The second-order valence-electron chi connectivity index (χ2n) is 5.00. The zero-order valence-corrected chi connectivity index (χ0v) is 10.9. The van der Waals surface area contributed by atoms with E-state index >= 15 is 0 Å². The van der Waals surface area contributed by atoms with Crippen LogP contribution in [-0.4, -0.2) is 36.1 Å². The Balaban J connectivity index is 2.29. The lowest BCUT2D eigenvalue weighted by molar-refractivity contribution is -0.121. The second-order valence-corrected chi connectivity index (χ2v) is 5.00. The molecule has 0 radical (unpaired) electrons. The lowest BCUT2D eigenvalue weighted by Crippen LogP contribution is -2.35. The van der Waals surface area contributed by atoms with E-state index in [1.165, 1.54) is 25.7 Å². The van der Waals surface area contributed by atoms with Gasteiger partial charge < -0.3 is 14.6 Å². The molecule has 1 saturated carbocycles. The smallest absolute Gasteiger partial charge is 0.0788 e. The number of aliphatic hydroxyl groups is 1. The summed E-state index contributed by atoms with van der Waals surface area (Å²) in [5.41, 5.74) is 0.102. The van der Waals surface area contributed by atoms with E-state index in [9.17, 15) is 0 Å². The Morgan fingerprint density at radius 1 is 1.19 bits per heavy atom. The van der Waals surface area contributed by atoms with E-state index in [4.69, 9.17) is 14.6 Å². The summed E-state index contributed by atoms with van der Waals surface area (Å²) in [6, 6.07) is 0. The molecule has 1 aliphatic rings. The molecule has 0 aromatic heterocycles. The first kappa shape index (κ1) is 13.9. The fourth-order valence-electron chi connectivity index (χ4n) is 2.39. The second kappa shape index (κ2) is 6.58. The van der Waals surface area contributed by atoms with Crippen molar-refractivity contribution >= 4 is 0 Å². The van der Waals surface area contributed by atoms with Crippen LogP contribution in [-0.2, 0) is 9.47 Å². The van der Waals surface area contributed by atoms with Gasteiger partial charge in [0.2, 0.25) is 0 Å². The van der Waals surface area contributed by atoms with Crippen LogP contribution >= 0.6 is 0 Å². The molecule has 3 heteroatoms. The molecule has 1 fully saturated rings. The summed E-state index contributed by atoms with van der Waals surface area (Å²) in [7, 11) is 0. The molecule has 0 aromatic rings. The van der Waals surface area contributed by atoms with Gasteiger partial charge in [-0.3, -0.25) is 0 Å². The Labute approximate surface area is 99.1 Å². The van der Waals surface area contributed by atoms with Crippen molar-refractivity contribution in [2.24, 2.45) is 0 Å². The van der Waals surface area contributed by atoms with Gasteiger partial charge in [-0.05, 0) is 33.1 Å². The van der Waals surface area contributed by atoms with Gasteiger partial charge in [0.15, 0.2) is 0 Å². The van der Waals surface area contributed by atoms with Crippen molar-refractivity contribution in [3.8, 4) is 0 Å². The zero-order valence-electron chi connectivity index (χ0n) is 10.9. The molecule has 2 atom stereocenters. The van der Waals surface area contributed by atoms with Gasteiger partial charge in [-0.1, -0.05) is 19.8 Å². The van der Waals surface area contributed by atoms with Crippen LogP contribution in [0.1, 0.15) is 52.9 Å². The molecule has 0 saturated heterocycles. The third-order valence-corrected chi connectivity index (χ3v) is 3.48. The van der Waals surface area contributed by atoms with E-state index in [0.29, 0.717) is 6.61 Å². The average molecular weight is 230 g/mol. The maximum atomic E-state index is 8.86. The molecule has 0 spiro atoms. The van der Waals surface area contributed by atoms with Gasteiger partial charge in [0, 0.05) is 0 Å². The summed E-state index contributed by atoms with van der Waals surface area (Å²) in [6.45, 7) is 6.78. The Morgan fingerprint density at radius 3 is 2.31 bits per heavy atom. The normalized spacial score (nSPS) is 23.2. The fraction of sp³-hybridized carbons (Fsp3) is 1.00. The van der Waals surface area contributed by atoms with E-state index < -0.39 is 0 Å². The predicted octanol–water partition coefficient (Wildman–Crippen LogP) is 2.51. The fourth-order valence-corrected chi connectivity index (χ4v) is 2.39. The van der Waals surface area contributed by atoms with Gasteiger partial charge in [-0.25, -0.2) is 0 Å². The van der Waals surface area contributed by atoms with Crippen LogP contribution < -0.4 is 0 Å². The highest BCUT2D eigenvalue weighted by atomic mass is 16.6. The Hall–Kier alpha value is -0.120. The summed E-state index contributed by atoms with van der Waals surface area (Å²) >= 11 is 0. The van der Waals surface area contributed by atoms with Gasteiger partial charge in [-0.15, -0.1) is 0 Å². The van der Waals surface area contributed by atoms with Crippen molar-refractivity contribution in [3.05, 3.63) is 0 Å². The number of aliphatic hydroxyl groups excluding tert-OH is 1. The molecule has 0 aliphatic heterocycles. The molecule has 1 aliphatic carbocycles. The summed E-state index contributed by atoms with van der Waals surface area (Å²) in [4.78, 5) is 0. The number of ether oxygens (including phenoxy) is 2. The van der Waals surface area contributed by atoms with Crippen molar-refractivity contribution < 1.29 is 14.6 Å². The molecular weight excluding hydrogens is 204 g/mol. The van der Waals surface area contributed by atoms with Crippen LogP contribution in [0.2, 0.25) is 0 Å². The molecule has 1 N–H and O–H groups in total. The first-order valence-electron chi connectivity index (χ1n) is 6.52. The number of rotatable bonds is 7. The van der Waals surface area contributed by atoms with Crippen LogP contribution in [0.4, 0.5) is 0 Å². The van der Waals surface area contributed by atoms with E-state index in [1.807, 2.05) is 6.92 Å². The highest BCUT2D eigenvalue weighted by molar-refractivity contribution is 4.85. The summed E-state index contributed by atoms with van der Waals surface area (Å²) in [6.07, 6.45) is 6.06. The summed E-state index contributed by atoms with van der Waals surface area (Å²) < 4.78 is 11.6. The Kier molecular flexibility index (Phi) is 5.73. The molecule has 96 valence electrons. The maximum Gasteiger partial charge on any atom is 0.0788 e. The van der Waals surface area contributed by atoms with E-state index in [-0.39, 0.29) is 24.4 Å². The SMILES string of the molecule is CCC1(OC(C)COC(C)CO)CCCC1. The predicted molar refractivity (Wildman–Crippen MR) is 64.5 cm³/mol. The third kappa shape index (κ3) is 4.04. The standard InChI is InChI=1S/C13H26O3/c1-4-13(7-5-6-8-13)16-12(3)10-15-11(2)9-14/h11-12,14H,4-10H2,1-3H3. The molecule has 2 unspecified atom stereocenters. The number of hydrogen-bond donors (Lipinski definition) is 1. The average Bonchev–Trinajstić information content (AvgIpc) is 2.75. The van der Waals surface area contributed by atoms with Gasteiger partial charge in [-0.2, -0.15) is 0 Å². The van der Waals surface area contributed by atoms with Crippen molar-refractivity contribution in [1.82, 2.24) is 0 Å². The lowest BCUT2D eigenvalue weighted by Gasteiger charge is -2.32. The summed E-state index contributed by atoms with van der Waals surface area (Å²) in [5.74, 6) is 0. The highest BCUT2D eigenvalue weighted by Crippen LogP contribution is 2.36. The van der Waals surface area contributed by atoms with Crippen LogP contribution in [0, 0.1) is 0 Å². The Morgan fingerprint density at radius 2 is 1.81 bits per heavy atom. The van der Waals surface area contributed by atoms with Crippen molar-refractivity contribution in [3.63, 3.8) is 0 Å². The third-order valence-electron chi connectivity index (χ3n) is 3.48. The first-order valence-corrected chi connectivity index (χ1v) is 6.52. The summed E-state index contributed by atoms with van der Waals surface area (Å²) in [5, 5.41) is 8.86. The molecular formula is C13H26O3. The van der Waals surface area contributed by atoms with Crippen molar-refractivity contribution in [1.29, 1.82) is 0 Å². The van der Waals surface area contributed by atoms with Gasteiger partial charge in [0.25, 0.3) is 0 Å². The van der Waals surface area contributed by atoms with Gasteiger partial charge in [0.05, 0.1) is 31.0 Å². The van der Waals surface area contributed by atoms with E-state index in [0.717, 1.165) is 6.42 Å². The largest absolute Gasteiger partial charge is 0.394 e. The number of hydrogen-bond acceptors (Lipinski definition) is 3. The first-order chi connectivity index (χ1) is 7.62. The van der Waals surface area contributed by atoms with Crippen LogP contribution in [0.5, 0.6) is 0 Å². The minimum absolute atomic E-state index is 0.0750. The quantitative estimate of drug-likeness (QED) is 0.730. The van der Waals surface area contributed by atoms with Crippen LogP contribution in [0.3, 0.4) is 0 Å². The van der Waals surface area contributed by atoms with E-state index in [2.05, 4.69) is 13.8 Å². The Bertz CT molecular complexity index is 188. The molecule has 0 amide bonds.